The van der Waals surface area contributed by atoms with E-state index in [1.807, 2.05) is 0 Å². The Kier molecular flexibility index (Phi) is 7.59. The van der Waals surface area contributed by atoms with Crippen molar-refractivity contribution in [3.8, 4) is 0 Å². The summed E-state index contributed by atoms with van der Waals surface area (Å²) in [4.78, 5) is 29.9. The number of Topliss-reactive ketones (excluding diaryl/α,β-unsaturated/α-hetero) is 1. The number of hydrogen-bond donors (Lipinski definition) is 0. The lowest BCUT2D eigenvalue weighted by Gasteiger charge is -2.38. The summed E-state index contributed by atoms with van der Waals surface area (Å²) in [7, 11) is -2.18. The maximum Gasteiger partial charge on any atom is 0.303 e. The number of imidazole rings is 1. The van der Waals surface area contributed by atoms with Gasteiger partial charge in [0.1, 0.15) is 17.4 Å². The molecule has 2 aromatic rings. The predicted molar refractivity (Wildman–Crippen MR) is 132 cm³/mol. The Morgan fingerprint density at radius 1 is 1.26 bits per heavy atom. The van der Waals surface area contributed by atoms with E-state index in [0.717, 1.165) is 0 Å². The van der Waals surface area contributed by atoms with Gasteiger partial charge in [-0.05, 0) is 38.0 Å². The van der Waals surface area contributed by atoms with Crippen molar-refractivity contribution in [2.45, 2.75) is 83.8 Å². The van der Waals surface area contributed by atoms with E-state index in [9.17, 15) is 9.59 Å². The summed E-state index contributed by atoms with van der Waals surface area (Å²) in [5.74, 6) is -2.05. The quantitative estimate of drug-likeness (QED) is 0.272. The van der Waals surface area contributed by atoms with E-state index >= 15 is 0 Å². The third kappa shape index (κ3) is 5.66. The van der Waals surface area contributed by atoms with Gasteiger partial charge in [-0.25, -0.2) is 4.98 Å². The van der Waals surface area contributed by atoms with Crippen LogP contribution in [0.15, 0.2) is 18.3 Å². The van der Waals surface area contributed by atoms with Gasteiger partial charge in [-0.1, -0.05) is 44.0 Å². The Balaban J connectivity index is 1.97. The first-order valence-electron chi connectivity index (χ1n) is 11.1. The van der Waals surface area contributed by atoms with Gasteiger partial charge in [0.2, 0.25) is 5.78 Å². The molecule has 11 heteroatoms. The molecule has 8 nitrogen and oxygen atoms in total. The number of hydrogen-bond acceptors (Lipinski definition) is 7. The van der Waals surface area contributed by atoms with Crippen LogP contribution in [0.2, 0.25) is 28.3 Å². The minimum atomic E-state index is -2.18. The molecule has 3 rings (SSSR count). The Morgan fingerprint density at radius 2 is 1.91 bits per heavy atom. The molecule has 1 fully saturated rings. The lowest BCUT2D eigenvalue weighted by atomic mass is 10.0. The number of aromatic nitrogens is 2. The second-order valence-corrected chi connectivity index (χ2v) is 16.0. The third-order valence-electron chi connectivity index (χ3n) is 6.26. The van der Waals surface area contributed by atoms with Crippen molar-refractivity contribution in [3.63, 3.8) is 0 Å². The molecule has 0 saturated carbocycles. The molecular weight excluding hydrogens is 499 g/mol. The van der Waals surface area contributed by atoms with Crippen LogP contribution in [0.4, 0.5) is 0 Å². The average molecular weight is 532 g/mol. The molecule has 34 heavy (non-hydrogen) atoms. The molecule has 188 valence electrons. The number of carbonyl (C=O) groups is 2. The van der Waals surface area contributed by atoms with Crippen molar-refractivity contribution in [2.75, 3.05) is 6.61 Å². The van der Waals surface area contributed by atoms with Gasteiger partial charge in [-0.2, -0.15) is 0 Å². The number of halogens is 2. The maximum atomic E-state index is 13.7. The minimum absolute atomic E-state index is 0.0147. The number of ether oxygens (including phenoxy) is 3. The summed E-state index contributed by atoms with van der Waals surface area (Å²) in [6.07, 6.45) is -1.26. The fourth-order valence-corrected chi connectivity index (χ4v) is 4.96. The van der Waals surface area contributed by atoms with E-state index in [1.165, 1.54) is 6.92 Å². The van der Waals surface area contributed by atoms with Crippen molar-refractivity contribution >= 4 is 48.9 Å². The standard InChI is InChI=1S/C23H32Cl2N2O6Si/c1-13(28)31-15(12-30-34(7,8)22(2,3)4)19-20(33-23(5,6)32-19)18(29)17-21(25)26-16-11-14(24)9-10-27(16)17/h9-11,15,19-20H,12H2,1-8H3/t15-,19-,20+/m1/s1. The molecule has 1 aliphatic heterocycles. The largest absolute Gasteiger partial charge is 0.457 e. The highest BCUT2D eigenvalue weighted by Crippen LogP contribution is 2.38. The first kappa shape index (κ1) is 27.1. The number of esters is 1. The van der Waals surface area contributed by atoms with Gasteiger partial charge in [0.15, 0.2) is 31.5 Å². The van der Waals surface area contributed by atoms with Gasteiger partial charge >= 0.3 is 5.97 Å². The lowest BCUT2D eigenvalue weighted by molar-refractivity contribution is -0.172. The monoisotopic (exact) mass is 530 g/mol. The van der Waals surface area contributed by atoms with Crippen molar-refractivity contribution < 1.29 is 28.2 Å². The van der Waals surface area contributed by atoms with Crippen LogP contribution in [0.25, 0.3) is 5.65 Å². The van der Waals surface area contributed by atoms with Crippen LogP contribution >= 0.6 is 23.2 Å². The molecule has 0 aromatic carbocycles. The number of pyridine rings is 1. The van der Waals surface area contributed by atoms with Crippen LogP contribution in [0, 0.1) is 0 Å². The summed E-state index contributed by atoms with van der Waals surface area (Å²) in [6.45, 7) is 15.3. The van der Waals surface area contributed by atoms with E-state index in [1.54, 1.807) is 36.6 Å². The van der Waals surface area contributed by atoms with E-state index in [2.05, 4.69) is 38.8 Å². The van der Waals surface area contributed by atoms with Crippen LogP contribution in [0.5, 0.6) is 0 Å². The molecule has 3 heterocycles. The minimum Gasteiger partial charge on any atom is -0.457 e. The molecule has 1 saturated heterocycles. The fraction of sp³-hybridized carbons (Fsp3) is 0.609. The van der Waals surface area contributed by atoms with Gasteiger partial charge in [-0.15, -0.1) is 0 Å². The van der Waals surface area contributed by atoms with Crippen LogP contribution in [0.1, 0.15) is 52.0 Å². The highest BCUT2D eigenvalue weighted by atomic mass is 35.5. The lowest BCUT2D eigenvalue weighted by Crippen LogP contribution is -2.49. The van der Waals surface area contributed by atoms with Gasteiger partial charge in [0, 0.05) is 24.2 Å². The Bertz CT molecular complexity index is 1100. The SMILES string of the molecule is CC(=O)O[C@H](CO[Si](C)(C)C(C)(C)C)[C@H]1OC(C)(C)O[C@H]1C(=O)c1c(Cl)nc2cc(Cl)ccn12. The summed E-state index contributed by atoms with van der Waals surface area (Å²) in [5, 5.41) is 0.423. The van der Waals surface area contributed by atoms with Gasteiger partial charge in [-0.3, -0.25) is 14.0 Å². The fourth-order valence-electron chi connectivity index (χ4n) is 3.53. The first-order chi connectivity index (χ1) is 15.5. The Morgan fingerprint density at radius 3 is 2.50 bits per heavy atom. The van der Waals surface area contributed by atoms with Crippen LogP contribution in [-0.4, -0.2) is 60.2 Å². The predicted octanol–water partition coefficient (Wildman–Crippen LogP) is 5.30. The normalized spacial score (nSPS) is 21.6. The van der Waals surface area contributed by atoms with Crippen LogP contribution in [0.3, 0.4) is 0 Å². The number of carbonyl (C=O) groups excluding carboxylic acids is 2. The molecule has 0 spiro atoms. The van der Waals surface area contributed by atoms with Gasteiger partial charge in [0.05, 0.1) is 6.61 Å². The maximum absolute atomic E-state index is 13.7. The molecular formula is C23H32Cl2N2O6Si. The smallest absolute Gasteiger partial charge is 0.303 e. The molecule has 3 atom stereocenters. The van der Waals surface area contributed by atoms with Crippen molar-refractivity contribution in [1.29, 1.82) is 0 Å². The molecule has 0 N–H and O–H groups in total. The van der Waals surface area contributed by atoms with Crippen molar-refractivity contribution in [3.05, 3.63) is 34.2 Å². The second-order valence-electron chi connectivity index (χ2n) is 10.4. The number of ketones is 1. The molecule has 0 amide bonds. The molecule has 0 unspecified atom stereocenters. The zero-order valence-corrected chi connectivity index (χ0v) is 23.3. The summed E-state index contributed by atoms with van der Waals surface area (Å²) in [6, 6.07) is 3.23. The zero-order valence-electron chi connectivity index (χ0n) is 20.8. The van der Waals surface area contributed by atoms with E-state index in [-0.39, 0.29) is 22.5 Å². The molecule has 0 radical (unpaired) electrons. The first-order valence-corrected chi connectivity index (χ1v) is 14.7. The summed E-state index contributed by atoms with van der Waals surface area (Å²) >= 11 is 12.4. The molecule has 1 aliphatic rings. The third-order valence-corrected chi connectivity index (χ3v) is 11.3. The van der Waals surface area contributed by atoms with E-state index in [4.69, 9.17) is 41.8 Å². The topological polar surface area (TPSA) is 88.4 Å². The van der Waals surface area contributed by atoms with Crippen molar-refractivity contribution in [2.24, 2.45) is 0 Å². The van der Waals surface area contributed by atoms with Gasteiger partial charge in [0.25, 0.3) is 0 Å². The Labute approximate surface area is 210 Å². The second kappa shape index (κ2) is 9.52. The van der Waals surface area contributed by atoms with Crippen LogP contribution in [-0.2, 0) is 23.4 Å². The number of rotatable bonds is 7. The molecule has 0 bridgehead atoms. The van der Waals surface area contributed by atoms with E-state index < -0.39 is 44.2 Å². The highest BCUT2D eigenvalue weighted by Gasteiger charge is 2.51. The van der Waals surface area contributed by atoms with Crippen LogP contribution < -0.4 is 0 Å². The molecule has 0 aliphatic carbocycles. The highest BCUT2D eigenvalue weighted by molar-refractivity contribution is 6.74. The average Bonchev–Trinajstić information content (AvgIpc) is 3.18. The number of fused-ring (bicyclic) bond motifs is 1. The van der Waals surface area contributed by atoms with Gasteiger partial charge < -0.3 is 18.6 Å². The summed E-state index contributed by atoms with van der Waals surface area (Å²) < 4.78 is 25.6. The number of nitrogens with zero attached hydrogens (tertiary/aromatic N) is 2. The van der Waals surface area contributed by atoms with Crippen molar-refractivity contribution in [1.82, 2.24) is 9.38 Å². The molecule has 2 aromatic heterocycles. The summed E-state index contributed by atoms with van der Waals surface area (Å²) in [5.41, 5.74) is 0.560. The van der Waals surface area contributed by atoms with E-state index in [0.29, 0.717) is 10.7 Å². The zero-order chi connectivity index (χ0) is 25.6. The Hall–Kier alpha value is -1.49.